The molecule has 2 amide bonds. The molecular formula is C19H18ClF3N2O2. The highest BCUT2D eigenvalue weighted by Gasteiger charge is 2.34. The van der Waals surface area contributed by atoms with Gasteiger partial charge in [-0.15, -0.1) is 0 Å². The van der Waals surface area contributed by atoms with Crippen LogP contribution in [-0.4, -0.2) is 18.4 Å². The van der Waals surface area contributed by atoms with Crippen molar-refractivity contribution in [3.05, 3.63) is 58.1 Å². The van der Waals surface area contributed by atoms with E-state index < -0.39 is 35.8 Å². The topological polar surface area (TPSA) is 49.4 Å². The van der Waals surface area contributed by atoms with Gasteiger partial charge >= 0.3 is 6.18 Å². The van der Waals surface area contributed by atoms with Gasteiger partial charge in [0.2, 0.25) is 11.8 Å². The van der Waals surface area contributed by atoms with Gasteiger partial charge in [0, 0.05) is 17.6 Å². The SMILES string of the molecule is CC(=O)N(CC(=O)Nc1ccc(Cl)cc1C(F)(F)F)c1ccc(C)cc1C. The molecule has 8 heteroatoms. The summed E-state index contributed by atoms with van der Waals surface area (Å²) in [5.74, 6) is -1.15. The van der Waals surface area contributed by atoms with Crippen molar-refractivity contribution in [1.82, 2.24) is 0 Å². The number of nitrogens with zero attached hydrogens (tertiary/aromatic N) is 1. The number of alkyl halides is 3. The number of anilines is 2. The van der Waals surface area contributed by atoms with Crippen LogP contribution in [0.1, 0.15) is 23.6 Å². The van der Waals surface area contributed by atoms with Crippen molar-refractivity contribution in [2.24, 2.45) is 0 Å². The third kappa shape index (κ3) is 5.23. The second kappa shape index (κ2) is 8.00. The average molecular weight is 399 g/mol. The zero-order valence-electron chi connectivity index (χ0n) is 14.9. The first-order chi connectivity index (χ1) is 12.5. The van der Waals surface area contributed by atoms with E-state index in [4.69, 9.17) is 11.6 Å². The van der Waals surface area contributed by atoms with Crippen LogP contribution in [0.5, 0.6) is 0 Å². The lowest BCUT2D eigenvalue weighted by atomic mass is 10.1. The molecule has 0 saturated heterocycles. The highest BCUT2D eigenvalue weighted by molar-refractivity contribution is 6.30. The number of hydrogen-bond acceptors (Lipinski definition) is 2. The smallest absolute Gasteiger partial charge is 0.324 e. The summed E-state index contributed by atoms with van der Waals surface area (Å²) in [5.41, 5.74) is 0.821. The molecule has 0 atom stereocenters. The largest absolute Gasteiger partial charge is 0.418 e. The summed E-state index contributed by atoms with van der Waals surface area (Å²) < 4.78 is 39.5. The van der Waals surface area contributed by atoms with Gasteiger partial charge in [-0.25, -0.2) is 0 Å². The summed E-state index contributed by atoms with van der Waals surface area (Å²) in [7, 11) is 0. The van der Waals surface area contributed by atoms with E-state index in [2.05, 4.69) is 5.32 Å². The van der Waals surface area contributed by atoms with E-state index in [1.807, 2.05) is 13.0 Å². The van der Waals surface area contributed by atoms with Crippen LogP contribution in [-0.2, 0) is 15.8 Å². The van der Waals surface area contributed by atoms with Crippen molar-refractivity contribution in [3.8, 4) is 0 Å². The molecule has 4 nitrogen and oxygen atoms in total. The molecule has 0 bridgehead atoms. The van der Waals surface area contributed by atoms with Crippen LogP contribution in [0.4, 0.5) is 24.5 Å². The molecule has 0 heterocycles. The fourth-order valence-corrected chi connectivity index (χ4v) is 2.84. The first-order valence-corrected chi connectivity index (χ1v) is 8.39. The van der Waals surface area contributed by atoms with Gasteiger partial charge in [-0.1, -0.05) is 29.3 Å². The van der Waals surface area contributed by atoms with Crippen molar-refractivity contribution < 1.29 is 22.8 Å². The predicted molar refractivity (Wildman–Crippen MR) is 99.0 cm³/mol. The Bertz CT molecular complexity index is 882. The zero-order valence-corrected chi connectivity index (χ0v) is 15.7. The maximum atomic E-state index is 13.2. The second-order valence-corrected chi connectivity index (χ2v) is 6.57. The fraction of sp³-hybridized carbons (Fsp3) is 0.263. The van der Waals surface area contributed by atoms with E-state index in [-0.39, 0.29) is 5.02 Å². The number of carbonyl (C=O) groups excluding carboxylic acids is 2. The maximum absolute atomic E-state index is 13.2. The van der Waals surface area contributed by atoms with E-state index >= 15 is 0 Å². The van der Waals surface area contributed by atoms with E-state index in [0.717, 1.165) is 23.3 Å². The molecule has 0 fully saturated rings. The molecule has 0 aliphatic heterocycles. The van der Waals surface area contributed by atoms with E-state index in [1.54, 1.807) is 19.1 Å². The van der Waals surface area contributed by atoms with Gasteiger partial charge in [0.05, 0.1) is 11.3 Å². The van der Waals surface area contributed by atoms with Gasteiger partial charge in [0.15, 0.2) is 0 Å². The summed E-state index contributed by atoms with van der Waals surface area (Å²) in [6.45, 7) is 4.55. The number of amides is 2. The third-order valence-corrected chi connectivity index (χ3v) is 4.12. The molecule has 2 rings (SSSR count). The van der Waals surface area contributed by atoms with Crippen molar-refractivity contribution in [1.29, 1.82) is 0 Å². The van der Waals surface area contributed by atoms with Crippen LogP contribution in [0.2, 0.25) is 5.02 Å². The number of hydrogen-bond donors (Lipinski definition) is 1. The standard InChI is InChI=1S/C19H18ClF3N2O2/c1-11-4-7-17(12(2)8-11)25(13(3)26)10-18(27)24-16-6-5-14(20)9-15(16)19(21,22)23/h4-9H,10H2,1-3H3,(H,24,27). The van der Waals surface area contributed by atoms with Gasteiger partial charge in [-0.05, 0) is 43.7 Å². The summed E-state index contributed by atoms with van der Waals surface area (Å²) in [5, 5.41) is 2.12. The Kier molecular flexibility index (Phi) is 6.15. The van der Waals surface area contributed by atoms with Crippen LogP contribution in [0, 0.1) is 13.8 Å². The fourth-order valence-electron chi connectivity index (χ4n) is 2.67. The molecule has 0 unspecified atom stereocenters. The number of benzene rings is 2. The molecule has 2 aromatic carbocycles. The van der Waals surface area contributed by atoms with Crippen LogP contribution < -0.4 is 10.2 Å². The first-order valence-electron chi connectivity index (χ1n) is 8.01. The molecule has 27 heavy (non-hydrogen) atoms. The van der Waals surface area contributed by atoms with Crippen molar-refractivity contribution in [2.75, 3.05) is 16.8 Å². The number of halogens is 4. The Morgan fingerprint density at radius 2 is 1.78 bits per heavy atom. The number of aryl methyl sites for hydroxylation is 2. The highest BCUT2D eigenvalue weighted by Crippen LogP contribution is 2.36. The number of carbonyl (C=O) groups is 2. The predicted octanol–water partition coefficient (Wildman–Crippen LogP) is 4.97. The van der Waals surface area contributed by atoms with Gasteiger partial charge in [-0.3, -0.25) is 9.59 Å². The van der Waals surface area contributed by atoms with E-state index in [1.165, 1.54) is 17.9 Å². The summed E-state index contributed by atoms with van der Waals surface area (Å²) >= 11 is 5.63. The highest BCUT2D eigenvalue weighted by atomic mass is 35.5. The third-order valence-electron chi connectivity index (χ3n) is 3.89. The minimum Gasteiger partial charge on any atom is -0.324 e. The summed E-state index contributed by atoms with van der Waals surface area (Å²) in [4.78, 5) is 25.5. The van der Waals surface area contributed by atoms with E-state index in [9.17, 15) is 22.8 Å². The number of rotatable bonds is 4. The Morgan fingerprint density at radius 1 is 1.11 bits per heavy atom. The lowest BCUT2D eigenvalue weighted by Crippen LogP contribution is -2.37. The zero-order chi connectivity index (χ0) is 20.4. The first kappa shape index (κ1) is 20.8. The minimum atomic E-state index is -4.68. The molecule has 0 saturated carbocycles. The van der Waals surface area contributed by atoms with Crippen molar-refractivity contribution >= 4 is 34.8 Å². The molecule has 0 radical (unpaired) electrons. The van der Waals surface area contributed by atoms with Crippen LogP contribution in [0.15, 0.2) is 36.4 Å². The van der Waals surface area contributed by atoms with Gasteiger partial charge < -0.3 is 10.2 Å². The maximum Gasteiger partial charge on any atom is 0.418 e. The van der Waals surface area contributed by atoms with E-state index in [0.29, 0.717) is 5.69 Å². The molecule has 1 N–H and O–H groups in total. The number of nitrogens with one attached hydrogen (secondary N) is 1. The Labute approximate surface area is 159 Å². The Hall–Kier alpha value is -2.54. The van der Waals surface area contributed by atoms with Gasteiger partial charge in [0.25, 0.3) is 0 Å². The van der Waals surface area contributed by atoms with Crippen LogP contribution in [0.3, 0.4) is 0 Å². The van der Waals surface area contributed by atoms with Gasteiger partial charge in [0.1, 0.15) is 6.54 Å². The lowest BCUT2D eigenvalue weighted by Gasteiger charge is -2.23. The molecular weight excluding hydrogens is 381 g/mol. The monoisotopic (exact) mass is 398 g/mol. The summed E-state index contributed by atoms with van der Waals surface area (Å²) in [6.07, 6.45) is -4.68. The van der Waals surface area contributed by atoms with Crippen LogP contribution >= 0.6 is 11.6 Å². The average Bonchev–Trinajstić information content (AvgIpc) is 2.54. The summed E-state index contributed by atoms with van der Waals surface area (Å²) in [6, 6.07) is 8.41. The minimum absolute atomic E-state index is 0.0963. The molecule has 0 aliphatic rings. The molecule has 0 aromatic heterocycles. The quantitative estimate of drug-likeness (QED) is 0.790. The molecule has 0 spiro atoms. The molecule has 144 valence electrons. The van der Waals surface area contributed by atoms with Crippen molar-refractivity contribution in [3.63, 3.8) is 0 Å². The van der Waals surface area contributed by atoms with Crippen molar-refractivity contribution in [2.45, 2.75) is 26.9 Å². The normalized spacial score (nSPS) is 11.2. The molecule has 2 aromatic rings. The van der Waals surface area contributed by atoms with Crippen LogP contribution in [0.25, 0.3) is 0 Å². The second-order valence-electron chi connectivity index (χ2n) is 6.13. The Balaban J connectivity index is 2.27. The van der Waals surface area contributed by atoms with Gasteiger partial charge in [-0.2, -0.15) is 13.2 Å². The molecule has 0 aliphatic carbocycles. The Morgan fingerprint density at radius 3 is 2.33 bits per heavy atom. The lowest BCUT2D eigenvalue weighted by molar-refractivity contribution is -0.137.